The number of nitrogens with one attached hydrogen (secondary N) is 1. The minimum absolute atomic E-state index is 0.698. The van der Waals surface area contributed by atoms with Crippen molar-refractivity contribution in [2.24, 2.45) is 0 Å². The van der Waals surface area contributed by atoms with Crippen LogP contribution in [0.1, 0.15) is 0 Å². The zero-order valence-electron chi connectivity index (χ0n) is 2.82. The third-order valence-electron chi connectivity index (χ3n) is 0.473. The molecule has 28 valence electrons. The zero-order valence-corrected chi connectivity index (χ0v) is 3.82. The molecular weight excluding hydrogens is 82.1 g/mol. The predicted octanol–water partition coefficient (Wildman–Crippen LogP) is -0.860. The van der Waals surface area contributed by atoms with E-state index in [4.69, 9.17) is 4.43 Å². The molecule has 0 amide bonds. The maximum absolute atomic E-state index is 4.86. The Balaban J connectivity index is 2.08. The summed E-state index contributed by atoms with van der Waals surface area (Å²) in [7, 11) is 0.698. The van der Waals surface area contributed by atoms with Crippen LogP contribution in [-0.2, 0) is 4.43 Å². The number of hydrogen-bond donors (Lipinski definition) is 1. The molecule has 1 fully saturated rings. The largest absolute Gasteiger partial charge is 0.404 e. The fourth-order valence-corrected chi connectivity index (χ4v) is 0.765. The topological polar surface area (TPSA) is 21.3 Å². The van der Waals surface area contributed by atoms with Crippen molar-refractivity contribution in [3.63, 3.8) is 0 Å². The molecule has 2 nitrogen and oxygen atoms in total. The average Bonchev–Trinajstić information content (AvgIpc) is 1.76. The molecule has 0 spiro atoms. The summed E-state index contributed by atoms with van der Waals surface area (Å²) in [6.07, 6.45) is 1.06. The van der Waals surface area contributed by atoms with Crippen LogP contribution < -0.4 is 5.32 Å². The van der Waals surface area contributed by atoms with Gasteiger partial charge in [-0.1, -0.05) is 0 Å². The van der Waals surface area contributed by atoms with E-state index in [-0.39, 0.29) is 0 Å². The van der Waals surface area contributed by atoms with E-state index in [0.717, 1.165) is 12.9 Å². The van der Waals surface area contributed by atoms with E-state index in [9.17, 15) is 0 Å². The fraction of sp³-hybridized carbons (Fsp3) is 1.00. The van der Waals surface area contributed by atoms with Crippen LogP contribution in [-0.4, -0.2) is 22.7 Å². The van der Waals surface area contributed by atoms with Crippen LogP contribution in [0.3, 0.4) is 0 Å². The van der Waals surface area contributed by atoms with Gasteiger partial charge in [-0.05, 0) is 0 Å². The number of rotatable bonds is 0. The van der Waals surface area contributed by atoms with Crippen molar-refractivity contribution >= 4 is 9.76 Å². The molecule has 2 radical (unpaired) electrons. The Morgan fingerprint density at radius 1 is 1.80 bits per heavy atom. The van der Waals surface area contributed by atoms with Crippen LogP contribution in [0.5, 0.6) is 0 Å². The van der Waals surface area contributed by atoms with E-state index in [1.807, 2.05) is 0 Å². The van der Waals surface area contributed by atoms with Gasteiger partial charge in [-0.15, -0.1) is 0 Å². The standard InChI is InChI=1S/C2H5NOSi/c1-3-2-5-4-1/h3H,1-2H2. The second-order valence-corrected chi connectivity index (χ2v) is 1.79. The van der Waals surface area contributed by atoms with Crippen molar-refractivity contribution in [3.8, 4) is 0 Å². The van der Waals surface area contributed by atoms with E-state index in [1.54, 1.807) is 0 Å². The molecule has 0 aromatic heterocycles. The van der Waals surface area contributed by atoms with Crippen LogP contribution in [0, 0.1) is 0 Å². The Bertz CT molecular complexity index is 21.2. The minimum Gasteiger partial charge on any atom is -0.404 e. The van der Waals surface area contributed by atoms with Crippen LogP contribution >= 0.6 is 0 Å². The zero-order chi connectivity index (χ0) is 3.54. The highest BCUT2D eigenvalue weighted by molar-refractivity contribution is 6.28. The van der Waals surface area contributed by atoms with Crippen molar-refractivity contribution in [1.29, 1.82) is 0 Å². The van der Waals surface area contributed by atoms with Gasteiger partial charge in [-0.25, -0.2) is 0 Å². The van der Waals surface area contributed by atoms with Crippen molar-refractivity contribution < 1.29 is 4.43 Å². The Morgan fingerprint density at radius 3 is 3.00 bits per heavy atom. The van der Waals surface area contributed by atoms with Crippen molar-refractivity contribution in [2.75, 3.05) is 12.9 Å². The molecule has 1 rings (SSSR count). The monoisotopic (exact) mass is 87.0 g/mol. The number of hydrogen-bond acceptors (Lipinski definition) is 2. The summed E-state index contributed by atoms with van der Waals surface area (Å²) in [5.74, 6) is 0. The summed E-state index contributed by atoms with van der Waals surface area (Å²) in [5, 5.41) is 3.01. The Kier molecular flexibility index (Phi) is 1.03. The molecule has 0 aromatic rings. The molecule has 0 bridgehead atoms. The molecule has 0 saturated carbocycles. The molecule has 1 heterocycles. The van der Waals surface area contributed by atoms with Crippen LogP contribution in [0.4, 0.5) is 0 Å². The molecule has 1 aliphatic heterocycles. The van der Waals surface area contributed by atoms with Gasteiger partial charge in [0.2, 0.25) is 9.76 Å². The molecule has 1 N–H and O–H groups in total. The average molecular weight is 87.2 g/mol. The van der Waals surface area contributed by atoms with Crippen molar-refractivity contribution in [2.45, 2.75) is 0 Å². The SMILES string of the molecule is C1NC[Si]O1. The van der Waals surface area contributed by atoms with Gasteiger partial charge in [0.25, 0.3) is 0 Å². The van der Waals surface area contributed by atoms with Gasteiger partial charge in [-0.3, -0.25) is 5.32 Å². The Hall–Kier alpha value is 0.137. The summed E-state index contributed by atoms with van der Waals surface area (Å²) in [4.78, 5) is 0. The molecule has 5 heavy (non-hydrogen) atoms. The van der Waals surface area contributed by atoms with Gasteiger partial charge in [0.1, 0.15) is 0 Å². The Labute approximate surface area is 33.5 Å². The summed E-state index contributed by atoms with van der Waals surface area (Å²) in [5.41, 5.74) is 0. The van der Waals surface area contributed by atoms with Crippen molar-refractivity contribution in [1.82, 2.24) is 5.32 Å². The lowest BCUT2D eigenvalue weighted by molar-refractivity contribution is 0.352. The highest BCUT2D eigenvalue weighted by atomic mass is 28.2. The first-order valence-corrected chi connectivity index (χ1v) is 2.67. The van der Waals surface area contributed by atoms with Gasteiger partial charge >= 0.3 is 0 Å². The van der Waals surface area contributed by atoms with Gasteiger partial charge < -0.3 is 4.43 Å². The highest BCUT2D eigenvalue weighted by Gasteiger charge is 1.95. The second kappa shape index (κ2) is 1.54. The van der Waals surface area contributed by atoms with E-state index in [0.29, 0.717) is 9.76 Å². The smallest absolute Gasteiger partial charge is 0.246 e. The molecule has 0 aromatic carbocycles. The summed E-state index contributed by atoms with van der Waals surface area (Å²) in [6.45, 7) is 0.762. The first-order chi connectivity index (χ1) is 2.50. The first-order valence-electron chi connectivity index (χ1n) is 1.55. The lowest BCUT2D eigenvalue weighted by atomic mass is 11.2. The van der Waals surface area contributed by atoms with Crippen molar-refractivity contribution in [3.05, 3.63) is 0 Å². The normalized spacial score (nSPS) is 24.0. The molecule has 1 saturated heterocycles. The van der Waals surface area contributed by atoms with E-state index >= 15 is 0 Å². The lowest BCUT2D eigenvalue weighted by Crippen LogP contribution is -2.05. The molecule has 0 unspecified atom stereocenters. The maximum Gasteiger partial charge on any atom is 0.246 e. The molecule has 1 aliphatic rings. The van der Waals surface area contributed by atoms with Gasteiger partial charge in [0.15, 0.2) is 0 Å². The van der Waals surface area contributed by atoms with Gasteiger partial charge in [0.05, 0.1) is 6.73 Å². The van der Waals surface area contributed by atoms with Crippen LogP contribution in [0.25, 0.3) is 0 Å². The molecular formula is C2H5NOSi. The summed E-state index contributed by atoms with van der Waals surface area (Å²) >= 11 is 0. The van der Waals surface area contributed by atoms with E-state index in [1.165, 1.54) is 0 Å². The highest BCUT2D eigenvalue weighted by Crippen LogP contribution is 1.71. The predicted molar refractivity (Wildman–Crippen MR) is 19.7 cm³/mol. The fourth-order valence-electron chi connectivity index (χ4n) is 0.255. The maximum atomic E-state index is 4.86. The van der Waals surface area contributed by atoms with Gasteiger partial charge in [0, 0.05) is 6.17 Å². The quantitative estimate of drug-likeness (QED) is 0.388. The van der Waals surface area contributed by atoms with Crippen LogP contribution in [0.15, 0.2) is 0 Å². The second-order valence-electron chi connectivity index (χ2n) is 0.860. The first kappa shape index (κ1) is 3.33. The summed E-state index contributed by atoms with van der Waals surface area (Å²) < 4.78 is 4.86. The van der Waals surface area contributed by atoms with Gasteiger partial charge in [-0.2, -0.15) is 0 Å². The van der Waals surface area contributed by atoms with Crippen LogP contribution in [0.2, 0.25) is 0 Å². The molecule has 3 heteroatoms. The third-order valence-corrected chi connectivity index (χ3v) is 1.22. The van der Waals surface area contributed by atoms with E-state index < -0.39 is 0 Å². The third kappa shape index (κ3) is 0.716. The minimum atomic E-state index is 0.698. The Morgan fingerprint density at radius 2 is 2.80 bits per heavy atom. The van der Waals surface area contributed by atoms with E-state index in [2.05, 4.69) is 5.32 Å². The molecule has 0 aliphatic carbocycles. The summed E-state index contributed by atoms with van der Waals surface area (Å²) in [6, 6.07) is 0. The molecule has 0 atom stereocenters. The lowest BCUT2D eigenvalue weighted by Gasteiger charge is -1.77.